The first-order valence-electron chi connectivity index (χ1n) is 6.42. The molecule has 0 saturated carbocycles. The molecule has 0 atom stereocenters. The van der Waals surface area contributed by atoms with E-state index < -0.39 is 0 Å². The van der Waals surface area contributed by atoms with Gasteiger partial charge in [-0.3, -0.25) is 0 Å². The SMILES string of the molecule is C=CCCCOCCOc1ccccc1CNC. The predicted octanol–water partition coefficient (Wildman–Crippen LogP) is 2.77. The second-order valence-corrected chi connectivity index (χ2v) is 4.03. The minimum Gasteiger partial charge on any atom is -0.491 e. The standard InChI is InChI=1S/C15H23NO2/c1-3-4-7-10-17-11-12-18-15-9-6-5-8-14(15)13-16-2/h3,5-6,8-9,16H,1,4,7,10-13H2,2H3. The van der Waals surface area contributed by atoms with Crippen LogP contribution in [0.1, 0.15) is 18.4 Å². The summed E-state index contributed by atoms with van der Waals surface area (Å²) in [5.41, 5.74) is 1.17. The summed E-state index contributed by atoms with van der Waals surface area (Å²) in [6.45, 7) is 6.48. The number of allylic oxidation sites excluding steroid dienone is 1. The van der Waals surface area contributed by atoms with Gasteiger partial charge in [0.05, 0.1) is 6.61 Å². The van der Waals surface area contributed by atoms with Crippen molar-refractivity contribution in [3.63, 3.8) is 0 Å². The van der Waals surface area contributed by atoms with Crippen LogP contribution in [0.3, 0.4) is 0 Å². The van der Waals surface area contributed by atoms with Crippen LogP contribution in [-0.2, 0) is 11.3 Å². The molecule has 3 nitrogen and oxygen atoms in total. The predicted molar refractivity (Wildman–Crippen MR) is 75.0 cm³/mol. The lowest BCUT2D eigenvalue weighted by Gasteiger charge is -2.11. The van der Waals surface area contributed by atoms with Crippen LogP contribution in [0.5, 0.6) is 5.75 Å². The lowest BCUT2D eigenvalue weighted by atomic mass is 10.2. The van der Waals surface area contributed by atoms with Crippen molar-refractivity contribution in [1.29, 1.82) is 0 Å². The van der Waals surface area contributed by atoms with E-state index in [0.29, 0.717) is 13.2 Å². The van der Waals surface area contributed by atoms with Crippen molar-refractivity contribution in [3.05, 3.63) is 42.5 Å². The first kappa shape index (κ1) is 14.7. The van der Waals surface area contributed by atoms with E-state index in [-0.39, 0.29) is 0 Å². The molecule has 0 fully saturated rings. The van der Waals surface area contributed by atoms with Crippen molar-refractivity contribution in [2.75, 3.05) is 26.9 Å². The van der Waals surface area contributed by atoms with Gasteiger partial charge in [0.1, 0.15) is 12.4 Å². The Morgan fingerprint density at radius 1 is 1.22 bits per heavy atom. The summed E-state index contributed by atoms with van der Waals surface area (Å²) in [4.78, 5) is 0. The van der Waals surface area contributed by atoms with E-state index in [0.717, 1.165) is 31.7 Å². The number of para-hydroxylation sites is 1. The number of benzene rings is 1. The van der Waals surface area contributed by atoms with Crippen molar-refractivity contribution in [2.24, 2.45) is 0 Å². The van der Waals surface area contributed by atoms with Crippen molar-refractivity contribution in [3.8, 4) is 5.75 Å². The van der Waals surface area contributed by atoms with Crippen LogP contribution in [0, 0.1) is 0 Å². The molecule has 3 heteroatoms. The van der Waals surface area contributed by atoms with Gasteiger partial charge >= 0.3 is 0 Å². The van der Waals surface area contributed by atoms with Gasteiger partial charge in [-0.25, -0.2) is 0 Å². The zero-order chi connectivity index (χ0) is 13.1. The quantitative estimate of drug-likeness (QED) is 0.511. The molecule has 1 aromatic rings. The van der Waals surface area contributed by atoms with E-state index in [1.807, 2.05) is 31.3 Å². The number of rotatable bonds is 10. The summed E-state index contributed by atoms with van der Waals surface area (Å²) in [6.07, 6.45) is 3.94. The van der Waals surface area contributed by atoms with Crippen LogP contribution in [0.4, 0.5) is 0 Å². The average Bonchev–Trinajstić information content (AvgIpc) is 2.40. The van der Waals surface area contributed by atoms with Crippen LogP contribution in [0.2, 0.25) is 0 Å². The van der Waals surface area contributed by atoms with Gasteiger partial charge < -0.3 is 14.8 Å². The molecule has 1 rings (SSSR count). The molecule has 0 unspecified atom stereocenters. The van der Waals surface area contributed by atoms with Crippen LogP contribution in [-0.4, -0.2) is 26.9 Å². The Hall–Kier alpha value is -1.32. The zero-order valence-corrected chi connectivity index (χ0v) is 11.2. The molecule has 0 saturated heterocycles. The Labute approximate surface area is 110 Å². The van der Waals surface area contributed by atoms with Gasteiger partial charge in [0.15, 0.2) is 0 Å². The molecule has 0 aliphatic heterocycles. The minimum absolute atomic E-state index is 0.592. The highest BCUT2D eigenvalue weighted by Gasteiger charge is 2.01. The smallest absolute Gasteiger partial charge is 0.123 e. The molecule has 0 radical (unpaired) electrons. The third kappa shape index (κ3) is 5.84. The second kappa shape index (κ2) is 9.68. The molecule has 0 heterocycles. The second-order valence-electron chi connectivity index (χ2n) is 4.03. The van der Waals surface area contributed by atoms with Gasteiger partial charge in [0.2, 0.25) is 0 Å². The van der Waals surface area contributed by atoms with Gasteiger partial charge in [-0.05, 0) is 26.0 Å². The summed E-state index contributed by atoms with van der Waals surface area (Å²) in [7, 11) is 1.93. The molecule has 0 aliphatic carbocycles. The van der Waals surface area contributed by atoms with Crippen molar-refractivity contribution in [2.45, 2.75) is 19.4 Å². The van der Waals surface area contributed by atoms with E-state index in [1.165, 1.54) is 5.56 Å². The first-order chi connectivity index (χ1) is 8.88. The molecule has 18 heavy (non-hydrogen) atoms. The van der Waals surface area contributed by atoms with Crippen LogP contribution < -0.4 is 10.1 Å². The maximum absolute atomic E-state index is 5.71. The number of ether oxygens (including phenoxy) is 2. The van der Waals surface area contributed by atoms with E-state index in [4.69, 9.17) is 9.47 Å². The van der Waals surface area contributed by atoms with Crippen molar-refractivity contribution < 1.29 is 9.47 Å². The van der Waals surface area contributed by atoms with Gasteiger partial charge in [0.25, 0.3) is 0 Å². The van der Waals surface area contributed by atoms with Gasteiger partial charge in [-0.15, -0.1) is 6.58 Å². The highest BCUT2D eigenvalue weighted by molar-refractivity contribution is 5.33. The molecular weight excluding hydrogens is 226 g/mol. The highest BCUT2D eigenvalue weighted by atomic mass is 16.5. The largest absolute Gasteiger partial charge is 0.491 e. The Balaban J connectivity index is 2.20. The summed E-state index contributed by atoms with van der Waals surface area (Å²) >= 11 is 0. The summed E-state index contributed by atoms with van der Waals surface area (Å²) in [5, 5.41) is 3.13. The molecule has 1 aromatic carbocycles. The molecule has 0 bridgehead atoms. The average molecular weight is 249 g/mol. The van der Waals surface area contributed by atoms with Crippen molar-refractivity contribution in [1.82, 2.24) is 5.32 Å². The van der Waals surface area contributed by atoms with E-state index in [2.05, 4.69) is 18.0 Å². The zero-order valence-electron chi connectivity index (χ0n) is 11.2. The van der Waals surface area contributed by atoms with E-state index in [9.17, 15) is 0 Å². The third-order valence-corrected chi connectivity index (χ3v) is 2.52. The van der Waals surface area contributed by atoms with E-state index in [1.54, 1.807) is 0 Å². The molecular formula is C15H23NO2. The van der Waals surface area contributed by atoms with Crippen LogP contribution in [0.25, 0.3) is 0 Å². The lowest BCUT2D eigenvalue weighted by molar-refractivity contribution is 0.0985. The van der Waals surface area contributed by atoms with Crippen LogP contribution >= 0.6 is 0 Å². The summed E-state index contributed by atoms with van der Waals surface area (Å²) < 4.78 is 11.2. The number of nitrogens with one attached hydrogen (secondary N) is 1. The van der Waals surface area contributed by atoms with Gasteiger partial charge in [-0.1, -0.05) is 24.3 Å². The summed E-state index contributed by atoms with van der Waals surface area (Å²) in [5.74, 6) is 0.932. The normalized spacial score (nSPS) is 10.3. The van der Waals surface area contributed by atoms with Gasteiger partial charge in [0, 0.05) is 18.7 Å². The van der Waals surface area contributed by atoms with Crippen LogP contribution in [0.15, 0.2) is 36.9 Å². The molecule has 0 aromatic heterocycles. The molecule has 1 N–H and O–H groups in total. The maximum atomic E-state index is 5.71. The van der Waals surface area contributed by atoms with Gasteiger partial charge in [-0.2, -0.15) is 0 Å². The topological polar surface area (TPSA) is 30.5 Å². The first-order valence-corrected chi connectivity index (χ1v) is 6.42. The Bertz CT molecular complexity index is 339. The molecule has 0 aliphatic rings. The van der Waals surface area contributed by atoms with E-state index >= 15 is 0 Å². The maximum Gasteiger partial charge on any atom is 0.123 e. The Morgan fingerprint density at radius 2 is 2.06 bits per heavy atom. The highest BCUT2D eigenvalue weighted by Crippen LogP contribution is 2.17. The minimum atomic E-state index is 0.592. The fraction of sp³-hybridized carbons (Fsp3) is 0.467. The monoisotopic (exact) mass is 249 g/mol. The number of hydrogen-bond acceptors (Lipinski definition) is 3. The molecule has 100 valence electrons. The van der Waals surface area contributed by atoms with Crippen molar-refractivity contribution >= 4 is 0 Å². The molecule has 0 amide bonds. The Kier molecular flexibility index (Phi) is 7.93. The fourth-order valence-corrected chi connectivity index (χ4v) is 1.62. The number of hydrogen-bond donors (Lipinski definition) is 1. The lowest BCUT2D eigenvalue weighted by Crippen LogP contribution is -2.11. The summed E-state index contributed by atoms with van der Waals surface area (Å²) in [6, 6.07) is 8.06. The third-order valence-electron chi connectivity index (χ3n) is 2.52. The molecule has 0 spiro atoms. The number of unbranched alkanes of at least 4 members (excludes halogenated alkanes) is 1. The Morgan fingerprint density at radius 3 is 2.83 bits per heavy atom. The fourth-order valence-electron chi connectivity index (χ4n) is 1.62.